The summed E-state index contributed by atoms with van der Waals surface area (Å²) in [6, 6.07) is 14.8. The quantitative estimate of drug-likeness (QED) is 0.773. The lowest BCUT2D eigenvalue weighted by molar-refractivity contribution is 0.216. The highest BCUT2D eigenvalue weighted by Crippen LogP contribution is 2.13. The summed E-state index contributed by atoms with van der Waals surface area (Å²) in [5.74, 6) is 0.816. The van der Waals surface area contributed by atoms with Crippen LogP contribution in [0.25, 0.3) is 0 Å². The molecule has 0 unspecified atom stereocenters. The van der Waals surface area contributed by atoms with Crippen LogP contribution in [0.2, 0.25) is 0 Å². The van der Waals surface area contributed by atoms with E-state index in [1.54, 1.807) is 36.4 Å². The van der Waals surface area contributed by atoms with Gasteiger partial charge in [0, 0.05) is 6.07 Å². The van der Waals surface area contributed by atoms with Crippen LogP contribution < -0.4 is 9.47 Å². The van der Waals surface area contributed by atoms with E-state index in [2.05, 4.69) is 0 Å². The van der Waals surface area contributed by atoms with Crippen LogP contribution in [0.3, 0.4) is 0 Å². The minimum Gasteiger partial charge on any atom is -0.490 e. The molecule has 0 amide bonds. The first-order valence-electron chi connectivity index (χ1n) is 5.79. The molecule has 0 N–H and O–H groups in total. The Hall–Kier alpha value is -2.54. The number of ether oxygens (including phenoxy) is 2. The largest absolute Gasteiger partial charge is 0.490 e. The third-order valence-corrected chi connectivity index (χ3v) is 2.40. The van der Waals surface area contributed by atoms with Gasteiger partial charge in [0.25, 0.3) is 0 Å². The molecule has 0 fully saturated rings. The van der Waals surface area contributed by atoms with Gasteiger partial charge in [0.2, 0.25) is 0 Å². The summed E-state index contributed by atoms with van der Waals surface area (Å²) in [7, 11) is 0. The first-order chi connectivity index (χ1) is 9.28. The minimum absolute atomic E-state index is 0.323. The molecule has 0 aliphatic rings. The Kier molecular flexibility index (Phi) is 4.35. The zero-order valence-corrected chi connectivity index (χ0v) is 10.2. The summed E-state index contributed by atoms with van der Waals surface area (Å²) in [5, 5.41) is 8.65. The fourth-order valence-corrected chi connectivity index (χ4v) is 1.50. The predicted octanol–water partition coefficient (Wildman–Crippen LogP) is 3.16. The van der Waals surface area contributed by atoms with Gasteiger partial charge in [-0.25, -0.2) is 4.39 Å². The van der Waals surface area contributed by atoms with Crippen molar-refractivity contribution in [2.75, 3.05) is 13.2 Å². The molecular weight excluding hydrogens is 245 g/mol. The molecule has 96 valence electrons. The van der Waals surface area contributed by atoms with E-state index in [4.69, 9.17) is 14.7 Å². The Morgan fingerprint density at radius 1 is 0.947 bits per heavy atom. The van der Waals surface area contributed by atoms with E-state index in [0.717, 1.165) is 0 Å². The van der Waals surface area contributed by atoms with E-state index in [0.29, 0.717) is 30.3 Å². The number of nitriles is 1. The fourth-order valence-electron chi connectivity index (χ4n) is 1.50. The molecule has 0 aromatic heterocycles. The van der Waals surface area contributed by atoms with Gasteiger partial charge in [0.15, 0.2) is 0 Å². The van der Waals surface area contributed by atoms with Crippen LogP contribution in [0.15, 0.2) is 48.5 Å². The van der Waals surface area contributed by atoms with E-state index in [-0.39, 0.29) is 5.82 Å². The molecule has 0 saturated carbocycles. The number of hydrogen-bond donors (Lipinski definition) is 0. The highest BCUT2D eigenvalue weighted by molar-refractivity contribution is 5.34. The standard InChI is InChI=1S/C15H12FNO2/c16-13-2-1-3-15(10-13)19-9-8-18-14-6-4-12(11-17)5-7-14/h1-7,10H,8-9H2. The summed E-state index contributed by atoms with van der Waals surface area (Å²) in [6.45, 7) is 0.672. The Morgan fingerprint density at radius 2 is 1.63 bits per heavy atom. The van der Waals surface area contributed by atoms with Gasteiger partial charge in [-0.15, -0.1) is 0 Å². The van der Waals surface area contributed by atoms with Crippen molar-refractivity contribution in [2.45, 2.75) is 0 Å². The molecule has 2 aromatic rings. The molecule has 0 aliphatic heterocycles. The van der Waals surface area contributed by atoms with Crippen molar-refractivity contribution < 1.29 is 13.9 Å². The predicted molar refractivity (Wildman–Crippen MR) is 68.5 cm³/mol. The summed E-state index contributed by atoms with van der Waals surface area (Å²) in [6.07, 6.45) is 0. The number of rotatable bonds is 5. The van der Waals surface area contributed by atoms with Gasteiger partial charge in [-0.3, -0.25) is 0 Å². The van der Waals surface area contributed by atoms with Gasteiger partial charge in [-0.1, -0.05) is 6.07 Å². The first kappa shape index (κ1) is 12.9. The monoisotopic (exact) mass is 257 g/mol. The van der Waals surface area contributed by atoms with Crippen molar-refractivity contribution in [1.82, 2.24) is 0 Å². The molecular formula is C15H12FNO2. The van der Waals surface area contributed by atoms with Crippen LogP contribution in [0, 0.1) is 17.1 Å². The van der Waals surface area contributed by atoms with Gasteiger partial charge in [-0.2, -0.15) is 5.26 Å². The molecule has 3 nitrogen and oxygen atoms in total. The first-order valence-corrected chi connectivity index (χ1v) is 5.79. The third-order valence-electron chi connectivity index (χ3n) is 2.40. The number of hydrogen-bond acceptors (Lipinski definition) is 3. The van der Waals surface area contributed by atoms with Crippen LogP contribution in [-0.2, 0) is 0 Å². The van der Waals surface area contributed by atoms with Crippen molar-refractivity contribution in [3.05, 3.63) is 59.9 Å². The number of halogens is 1. The average Bonchev–Trinajstić information content (AvgIpc) is 2.44. The summed E-state index contributed by atoms with van der Waals surface area (Å²) < 4.78 is 23.6. The minimum atomic E-state index is -0.328. The maximum atomic E-state index is 12.9. The maximum Gasteiger partial charge on any atom is 0.126 e. The second-order valence-corrected chi connectivity index (χ2v) is 3.79. The lowest BCUT2D eigenvalue weighted by Crippen LogP contribution is -2.09. The third kappa shape index (κ3) is 4.00. The molecule has 0 radical (unpaired) electrons. The van der Waals surface area contributed by atoms with E-state index < -0.39 is 0 Å². The van der Waals surface area contributed by atoms with Gasteiger partial charge < -0.3 is 9.47 Å². The van der Waals surface area contributed by atoms with Crippen molar-refractivity contribution >= 4 is 0 Å². The molecule has 0 heterocycles. The highest BCUT2D eigenvalue weighted by atomic mass is 19.1. The van der Waals surface area contributed by atoms with Crippen molar-refractivity contribution in [1.29, 1.82) is 5.26 Å². The smallest absolute Gasteiger partial charge is 0.126 e. The fraction of sp³-hybridized carbons (Fsp3) is 0.133. The van der Waals surface area contributed by atoms with Crippen LogP contribution >= 0.6 is 0 Å². The molecule has 0 saturated heterocycles. The SMILES string of the molecule is N#Cc1ccc(OCCOc2cccc(F)c2)cc1. The zero-order valence-electron chi connectivity index (χ0n) is 10.2. The number of benzene rings is 2. The van der Waals surface area contributed by atoms with E-state index >= 15 is 0 Å². The Morgan fingerprint density at radius 3 is 2.26 bits per heavy atom. The van der Waals surface area contributed by atoms with Gasteiger partial charge in [0.05, 0.1) is 11.6 Å². The normalized spacial score (nSPS) is 9.68. The van der Waals surface area contributed by atoms with Crippen LogP contribution in [0.4, 0.5) is 4.39 Å². The van der Waals surface area contributed by atoms with Crippen LogP contribution in [-0.4, -0.2) is 13.2 Å². The molecule has 0 bridgehead atoms. The molecule has 0 atom stereocenters. The summed E-state index contributed by atoms with van der Waals surface area (Å²) in [4.78, 5) is 0. The Balaban J connectivity index is 1.76. The summed E-state index contributed by atoms with van der Waals surface area (Å²) in [5.41, 5.74) is 0.586. The Labute approximate surface area is 110 Å². The maximum absolute atomic E-state index is 12.9. The van der Waals surface area contributed by atoms with Crippen LogP contribution in [0.1, 0.15) is 5.56 Å². The highest BCUT2D eigenvalue weighted by Gasteiger charge is 1.97. The lowest BCUT2D eigenvalue weighted by Gasteiger charge is -2.08. The van der Waals surface area contributed by atoms with Crippen molar-refractivity contribution in [3.63, 3.8) is 0 Å². The molecule has 2 rings (SSSR count). The molecule has 2 aromatic carbocycles. The average molecular weight is 257 g/mol. The van der Waals surface area contributed by atoms with E-state index in [1.165, 1.54) is 12.1 Å². The molecule has 0 spiro atoms. The second-order valence-electron chi connectivity index (χ2n) is 3.79. The topological polar surface area (TPSA) is 42.2 Å². The lowest BCUT2D eigenvalue weighted by atomic mass is 10.2. The van der Waals surface area contributed by atoms with Gasteiger partial charge in [-0.05, 0) is 36.4 Å². The van der Waals surface area contributed by atoms with E-state index in [1.807, 2.05) is 6.07 Å². The molecule has 4 heteroatoms. The zero-order chi connectivity index (χ0) is 13.5. The number of nitrogens with zero attached hydrogens (tertiary/aromatic N) is 1. The Bertz CT molecular complexity index is 575. The molecule has 0 aliphatic carbocycles. The van der Waals surface area contributed by atoms with Gasteiger partial charge >= 0.3 is 0 Å². The van der Waals surface area contributed by atoms with E-state index in [9.17, 15) is 4.39 Å². The summed E-state index contributed by atoms with van der Waals surface area (Å²) >= 11 is 0. The van der Waals surface area contributed by atoms with Crippen molar-refractivity contribution in [3.8, 4) is 17.6 Å². The second kappa shape index (κ2) is 6.41. The van der Waals surface area contributed by atoms with Crippen molar-refractivity contribution in [2.24, 2.45) is 0 Å². The van der Waals surface area contributed by atoms with Crippen LogP contribution in [0.5, 0.6) is 11.5 Å². The molecule has 19 heavy (non-hydrogen) atoms. The van der Waals surface area contributed by atoms with Gasteiger partial charge in [0.1, 0.15) is 30.5 Å².